The summed E-state index contributed by atoms with van der Waals surface area (Å²) in [6.07, 6.45) is 0. The van der Waals surface area contributed by atoms with Crippen LogP contribution >= 0.6 is 22.9 Å². The van der Waals surface area contributed by atoms with E-state index in [1.54, 1.807) is 31.4 Å². The van der Waals surface area contributed by atoms with Gasteiger partial charge in [0.15, 0.2) is 0 Å². The minimum Gasteiger partial charge on any atom is -0.497 e. The van der Waals surface area contributed by atoms with Gasteiger partial charge in [-0.1, -0.05) is 22.9 Å². The van der Waals surface area contributed by atoms with Crippen LogP contribution in [0.2, 0.25) is 5.02 Å². The second kappa shape index (κ2) is 9.39. The molecule has 1 amide bonds. The lowest BCUT2D eigenvalue weighted by Gasteiger charge is -2.10. The number of amides is 1. The fraction of sp³-hybridized carbons (Fsp3) is 0.167. The van der Waals surface area contributed by atoms with E-state index >= 15 is 0 Å². The Hall–Kier alpha value is -2.73. The van der Waals surface area contributed by atoms with Gasteiger partial charge in [0.25, 0.3) is 5.91 Å². The second-order valence-electron chi connectivity index (χ2n) is 5.80. The first-order valence-corrected chi connectivity index (χ1v) is 11.1. The molecule has 0 saturated carbocycles. The molecule has 0 saturated heterocycles. The first-order chi connectivity index (χ1) is 14.3. The highest BCUT2D eigenvalue weighted by Crippen LogP contribution is 2.27. The minimum absolute atomic E-state index is 0.0975. The number of benzene rings is 2. The summed E-state index contributed by atoms with van der Waals surface area (Å²) in [5, 5.41) is 11.0. The summed E-state index contributed by atoms with van der Waals surface area (Å²) in [5.74, 6) is 0.363. The Morgan fingerprint density at radius 2 is 1.83 bits per heavy atom. The summed E-state index contributed by atoms with van der Waals surface area (Å²) in [7, 11) is -1.01. The fourth-order valence-corrected chi connectivity index (χ4v) is 4.55. The van der Waals surface area contributed by atoms with E-state index in [0.717, 1.165) is 11.3 Å². The van der Waals surface area contributed by atoms with Crippen molar-refractivity contribution in [1.29, 1.82) is 0 Å². The van der Waals surface area contributed by atoms with Crippen molar-refractivity contribution in [1.82, 2.24) is 14.9 Å². The number of hydrogen-bond acceptors (Lipinski definition) is 8. The number of ether oxygens (including phenoxy) is 2. The molecule has 0 bridgehead atoms. The van der Waals surface area contributed by atoms with Gasteiger partial charge in [-0.15, -0.1) is 10.2 Å². The van der Waals surface area contributed by atoms with E-state index < -0.39 is 15.9 Å². The molecule has 0 fully saturated rings. The Morgan fingerprint density at radius 3 is 2.50 bits per heavy atom. The highest BCUT2D eigenvalue weighted by Gasteiger charge is 2.21. The molecule has 9 nitrogen and oxygen atoms in total. The average molecular weight is 469 g/mol. The fourth-order valence-electron chi connectivity index (χ4n) is 2.37. The summed E-state index contributed by atoms with van der Waals surface area (Å²) >= 11 is 6.87. The molecule has 0 unspecified atom stereocenters. The average Bonchev–Trinajstić information content (AvgIpc) is 3.22. The predicted molar refractivity (Wildman–Crippen MR) is 113 cm³/mol. The van der Waals surface area contributed by atoms with E-state index in [-0.39, 0.29) is 27.2 Å². The van der Waals surface area contributed by atoms with E-state index in [0.29, 0.717) is 16.4 Å². The summed E-state index contributed by atoms with van der Waals surface area (Å²) in [5.41, 5.74) is 0.561. The van der Waals surface area contributed by atoms with Gasteiger partial charge >= 0.3 is 0 Å². The Bertz CT molecular complexity index is 1150. The molecule has 158 valence electrons. The van der Waals surface area contributed by atoms with Crippen LogP contribution < -0.4 is 19.5 Å². The summed E-state index contributed by atoms with van der Waals surface area (Å²) in [6, 6.07) is 11.1. The summed E-state index contributed by atoms with van der Waals surface area (Å²) < 4.78 is 37.7. The molecule has 0 spiro atoms. The lowest BCUT2D eigenvalue weighted by atomic mass is 10.3. The first kappa shape index (κ1) is 22.0. The zero-order valence-corrected chi connectivity index (χ0v) is 18.3. The predicted octanol–water partition coefficient (Wildman–Crippen LogP) is 2.94. The number of sulfonamides is 1. The van der Waals surface area contributed by atoms with Gasteiger partial charge in [-0.2, -0.15) is 0 Å². The minimum atomic E-state index is -3.92. The lowest BCUT2D eigenvalue weighted by molar-refractivity contribution is 0.102. The maximum absolute atomic E-state index is 12.6. The molecule has 0 atom stereocenters. The zero-order chi connectivity index (χ0) is 21.7. The van der Waals surface area contributed by atoms with Crippen molar-refractivity contribution in [3.8, 4) is 11.5 Å². The highest BCUT2D eigenvalue weighted by molar-refractivity contribution is 7.89. The largest absolute Gasteiger partial charge is 0.497 e. The van der Waals surface area contributed by atoms with Crippen molar-refractivity contribution in [2.24, 2.45) is 0 Å². The van der Waals surface area contributed by atoms with Crippen molar-refractivity contribution >= 4 is 44.6 Å². The molecule has 1 heterocycles. The van der Waals surface area contributed by atoms with Gasteiger partial charge < -0.3 is 14.8 Å². The number of rotatable bonds is 8. The number of aromatic nitrogens is 2. The van der Waals surface area contributed by atoms with Gasteiger partial charge in [-0.05, 0) is 42.5 Å². The van der Waals surface area contributed by atoms with Gasteiger partial charge in [-0.25, -0.2) is 13.1 Å². The number of nitrogens with zero attached hydrogens (tertiary/aromatic N) is 2. The Morgan fingerprint density at radius 1 is 1.10 bits per heavy atom. The number of hydrogen-bond donors (Lipinski definition) is 2. The molecule has 3 rings (SSSR count). The third kappa shape index (κ3) is 5.25. The van der Waals surface area contributed by atoms with Crippen LogP contribution in [0.5, 0.6) is 11.5 Å². The van der Waals surface area contributed by atoms with Crippen molar-refractivity contribution in [2.75, 3.05) is 19.5 Å². The van der Waals surface area contributed by atoms with Crippen LogP contribution in [0.4, 0.5) is 5.69 Å². The quantitative estimate of drug-likeness (QED) is 0.521. The van der Waals surface area contributed by atoms with Crippen molar-refractivity contribution < 1.29 is 22.7 Å². The molecule has 0 aliphatic heterocycles. The van der Waals surface area contributed by atoms with Crippen LogP contribution in [0, 0.1) is 0 Å². The Labute approximate surface area is 182 Å². The smallest absolute Gasteiger partial charge is 0.286 e. The lowest BCUT2D eigenvalue weighted by Crippen LogP contribution is -2.23. The van der Waals surface area contributed by atoms with Gasteiger partial charge in [0.05, 0.1) is 20.8 Å². The van der Waals surface area contributed by atoms with Crippen LogP contribution in [0.25, 0.3) is 0 Å². The molecular formula is C18H17ClN4O5S2. The third-order valence-electron chi connectivity index (χ3n) is 3.84. The molecule has 0 aliphatic rings. The van der Waals surface area contributed by atoms with E-state index in [2.05, 4.69) is 20.2 Å². The molecule has 1 aromatic heterocycles. The number of halogens is 1. The number of nitrogens with one attached hydrogen (secondary N) is 2. The standard InChI is InChI=1S/C18H17ClN4O5S2/c1-27-13-6-4-12(5-7-13)21-17(24)18-23-22-16(29-18)10-20-30(25,26)15-9-11(19)3-8-14(15)28-2/h3-9,20H,10H2,1-2H3,(H,21,24). The highest BCUT2D eigenvalue weighted by atomic mass is 35.5. The zero-order valence-electron chi connectivity index (χ0n) is 15.9. The summed E-state index contributed by atoms with van der Waals surface area (Å²) in [4.78, 5) is 12.2. The molecule has 0 aliphatic carbocycles. The molecule has 0 radical (unpaired) electrons. The maximum Gasteiger partial charge on any atom is 0.286 e. The Balaban J connectivity index is 1.66. The number of carbonyl (C=O) groups excluding carboxylic acids is 1. The number of methoxy groups -OCH3 is 2. The topological polar surface area (TPSA) is 120 Å². The molecule has 3 aromatic rings. The van der Waals surface area contributed by atoms with Gasteiger partial charge in [0.2, 0.25) is 15.0 Å². The normalized spacial score (nSPS) is 11.2. The SMILES string of the molecule is COc1ccc(NC(=O)c2nnc(CNS(=O)(=O)c3cc(Cl)ccc3OC)s2)cc1. The molecule has 30 heavy (non-hydrogen) atoms. The van der Waals surface area contributed by atoms with Crippen LogP contribution in [0.15, 0.2) is 47.4 Å². The van der Waals surface area contributed by atoms with Gasteiger partial charge in [0, 0.05) is 10.7 Å². The van der Waals surface area contributed by atoms with Crippen molar-refractivity contribution in [3.05, 3.63) is 57.5 Å². The van der Waals surface area contributed by atoms with Crippen molar-refractivity contribution in [2.45, 2.75) is 11.4 Å². The van der Waals surface area contributed by atoms with Crippen LogP contribution in [0.3, 0.4) is 0 Å². The number of carbonyl (C=O) groups is 1. The Kier molecular flexibility index (Phi) is 6.87. The second-order valence-corrected chi connectivity index (χ2v) is 9.04. The van der Waals surface area contributed by atoms with E-state index in [9.17, 15) is 13.2 Å². The van der Waals surface area contributed by atoms with Crippen LogP contribution in [-0.2, 0) is 16.6 Å². The van der Waals surface area contributed by atoms with Gasteiger partial charge in [0.1, 0.15) is 21.4 Å². The van der Waals surface area contributed by atoms with E-state index in [1.807, 2.05) is 0 Å². The summed E-state index contributed by atoms with van der Waals surface area (Å²) in [6.45, 7) is -0.147. The van der Waals surface area contributed by atoms with Crippen molar-refractivity contribution in [3.63, 3.8) is 0 Å². The van der Waals surface area contributed by atoms with Crippen LogP contribution in [-0.4, -0.2) is 38.7 Å². The monoisotopic (exact) mass is 468 g/mol. The van der Waals surface area contributed by atoms with Gasteiger partial charge in [-0.3, -0.25) is 4.79 Å². The molecular weight excluding hydrogens is 452 g/mol. The molecule has 12 heteroatoms. The van der Waals surface area contributed by atoms with Crippen LogP contribution in [0.1, 0.15) is 14.8 Å². The van der Waals surface area contributed by atoms with E-state index in [1.165, 1.54) is 25.3 Å². The third-order valence-corrected chi connectivity index (χ3v) is 6.42. The maximum atomic E-state index is 12.6. The van der Waals surface area contributed by atoms with E-state index in [4.69, 9.17) is 21.1 Å². The molecule has 2 aromatic carbocycles. The first-order valence-electron chi connectivity index (χ1n) is 8.43. The number of anilines is 1. The molecule has 2 N–H and O–H groups in total.